The molecular weight excluding hydrogens is 352 g/mol. The number of aromatic amines is 2. The Kier molecular flexibility index (Phi) is 3.94. The third-order valence-corrected chi connectivity index (χ3v) is 4.98. The average molecular weight is 370 g/mol. The van der Waals surface area contributed by atoms with E-state index in [-0.39, 0.29) is 5.91 Å². The Morgan fingerprint density at radius 3 is 2.93 bits per heavy atom. The van der Waals surface area contributed by atoms with Crippen molar-refractivity contribution in [1.82, 2.24) is 20.3 Å². The molecule has 0 saturated carbocycles. The fourth-order valence-corrected chi connectivity index (χ4v) is 3.54. The number of aromatic nitrogens is 3. The van der Waals surface area contributed by atoms with E-state index in [4.69, 9.17) is 4.42 Å². The van der Waals surface area contributed by atoms with Gasteiger partial charge in [-0.15, -0.1) is 0 Å². The van der Waals surface area contributed by atoms with E-state index in [0.29, 0.717) is 12.1 Å². The number of nitrogens with zero attached hydrogens (tertiary/aromatic N) is 1. The zero-order chi connectivity index (χ0) is 18.9. The lowest BCUT2D eigenvalue weighted by atomic mass is 10.1. The van der Waals surface area contributed by atoms with Crippen LogP contribution in [-0.2, 0) is 6.42 Å². The standard InChI is InChI=1S/C22H18N4O2/c27-22(23-7-5-14-10-24-20-4-2-1-3-17(14)20)16-9-18-19(15-6-8-28-13-15)12-26-21(18)25-11-16/h1-4,6,8-13,24H,5,7H2,(H,23,27)(H,25,26). The first-order valence-electron chi connectivity index (χ1n) is 9.12. The van der Waals surface area contributed by atoms with Crippen LogP contribution in [-0.4, -0.2) is 27.4 Å². The molecule has 0 aliphatic heterocycles. The van der Waals surface area contributed by atoms with Crippen molar-refractivity contribution in [1.29, 1.82) is 0 Å². The fraction of sp³-hybridized carbons (Fsp3) is 0.0909. The van der Waals surface area contributed by atoms with E-state index < -0.39 is 0 Å². The molecule has 28 heavy (non-hydrogen) atoms. The molecule has 1 aromatic carbocycles. The number of para-hydroxylation sites is 1. The average Bonchev–Trinajstić information content (AvgIpc) is 3.47. The molecule has 5 aromatic rings. The van der Waals surface area contributed by atoms with Crippen molar-refractivity contribution in [2.45, 2.75) is 6.42 Å². The van der Waals surface area contributed by atoms with Gasteiger partial charge in [0.05, 0.1) is 18.1 Å². The minimum atomic E-state index is -0.131. The first kappa shape index (κ1) is 16.4. The lowest BCUT2D eigenvalue weighted by Gasteiger charge is -2.05. The predicted octanol–water partition coefficient (Wildman–Crippen LogP) is 4.28. The number of carbonyl (C=O) groups is 1. The first-order valence-corrected chi connectivity index (χ1v) is 9.12. The van der Waals surface area contributed by atoms with Crippen molar-refractivity contribution in [3.8, 4) is 11.1 Å². The monoisotopic (exact) mass is 370 g/mol. The third kappa shape index (κ3) is 2.85. The molecule has 6 heteroatoms. The highest BCUT2D eigenvalue weighted by Crippen LogP contribution is 2.28. The van der Waals surface area contributed by atoms with Crippen LogP contribution in [0.5, 0.6) is 0 Å². The topological polar surface area (TPSA) is 86.7 Å². The van der Waals surface area contributed by atoms with E-state index in [1.165, 1.54) is 10.9 Å². The molecular formula is C22H18N4O2. The summed E-state index contributed by atoms with van der Waals surface area (Å²) in [6.45, 7) is 0.556. The van der Waals surface area contributed by atoms with Gasteiger partial charge in [0, 0.05) is 52.6 Å². The minimum Gasteiger partial charge on any atom is -0.472 e. The lowest BCUT2D eigenvalue weighted by molar-refractivity contribution is 0.0954. The van der Waals surface area contributed by atoms with Crippen LogP contribution in [0.4, 0.5) is 0 Å². The molecule has 138 valence electrons. The van der Waals surface area contributed by atoms with E-state index in [0.717, 1.165) is 34.1 Å². The Bertz CT molecular complexity index is 1260. The Balaban J connectivity index is 1.32. The van der Waals surface area contributed by atoms with Gasteiger partial charge >= 0.3 is 0 Å². The maximum Gasteiger partial charge on any atom is 0.252 e. The molecule has 0 saturated heterocycles. The van der Waals surface area contributed by atoms with Crippen LogP contribution in [0.25, 0.3) is 33.1 Å². The lowest BCUT2D eigenvalue weighted by Crippen LogP contribution is -2.25. The molecule has 0 spiro atoms. The molecule has 3 N–H and O–H groups in total. The summed E-state index contributed by atoms with van der Waals surface area (Å²) in [5.74, 6) is -0.131. The largest absolute Gasteiger partial charge is 0.472 e. The molecule has 0 radical (unpaired) electrons. The molecule has 0 aliphatic carbocycles. The van der Waals surface area contributed by atoms with E-state index in [1.807, 2.05) is 42.7 Å². The van der Waals surface area contributed by atoms with Crippen molar-refractivity contribution in [3.05, 3.63) is 78.6 Å². The summed E-state index contributed by atoms with van der Waals surface area (Å²) in [5, 5.41) is 5.08. The molecule has 0 bridgehead atoms. The Hall–Kier alpha value is -3.80. The number of hydrogen-bond acceptors (Lipinski definition) is 3. The fourth-order valence-electron chi connectivity index (χ4n) is 3.54. The van der Waals surface area contributed by atoms with Crippen molar-refractivity contribution >= 4 is 27.8 Å². The molecule has 0 fully saturated rings. The van der Waals surface area contributed by atoms with E-state index in [2.05, 4.69) is 26.3 Å². The normalized spacial score (nSPS) is 11.3. The number of nitrogens with one attached hydrogen (secondary N) is 3. The second kappa shape index (κ2) is 6.74. The molecule has 4 heterocycles. The summed E-state index contributed by atoms with van der Waals surface area (Å²) in [5.41, 5.74) is 5.49. The van der Waals surface area contributed by atoms with Gasteiger partial charge in [-0.25, -0.2) is 4.98 Å². The second-order valence-corrected chi connectivity index (χ2v) is 6.70. The van der Waals surface area contributed by atoms with Crippen LogP contribution < -0.4 is 5.32 Å². The minimum absolute atomic E-state index is 0.131. The van der Waals surface area contributed by atoms with Gasteiger partial charge in [0.25, 0.3) is 5.91 Å². The molecule has 0 unspecified atom stereocenters. The molecule has 1 amide bonds. The number of H-pyrrole nitrogens is 2. The number of furan rings is 1. The molecule has 0 atom stereocenters. The first-order chi connectivity index (χ1) is 13.8. The highest BCUT2D eigenvalue weighted by Gasteiger charge is 2.13. The van der Waals surface area contributed by atoms with Crippen LogP contribution in [0.15, 0.2) is 71.9 Å². The third-order valence-electron chi connectivity index (χ3n) is 4.98. The van der Waals surface area contributed by atoms with Gasteiger partial charge in [-0.1, -0.05) is 18.2 Å². The predicted molar refractivity (Wildman–Crippen MR) is 108 cm³/mol. The van der Waals surface area contributed by atoms with Gasteiger partial charge in [0.2, 0.25) is 0 Å². The number of rotatable bonds is 5. The summed E-state index contributed by atoms with van der Waals surface area (Å²) >= 11 is 0. The molecule has 4 aromatic heterocycles. The summed E-state index contributed by atoms with van der Waals surface area (Å²) in [6, 6.07) is 11.9. The van der Waals surface area contributed by atoms with Crippen molar-refractivity contribution in [3.63, 3.8) is 0 Å². The SMILES string of the molecule is O=C(NCCc1c[nH]c2ccccc12)c1cnc2[nH]cc(-c3ccoc3)c2c1. The van der Waals surface area contributed by atoms with E-state index in [9.17, 15) is 4.79 Å². The number of fused-ring (bicyclic) bond motifs is 2. The second-order valence-electron chi connectivity index (χ2n) is 6.70. The molecule has 5 rings (SSSR count). The summed E-state index contributed by atoms with van der Waals surface area (Å²) in [6.07, 6.45) is 9.54. The van der Waals surface area contributed by atoms with Crippen LogP contribution in [0.2, 0.25) is 0 Å². The van der Waals surface area contributed by atoms with Gasteiger partial charge in [-0.3, -0.25) is 4.79 Å². The zero-order valence-corrected chi connectivity index (χ0v) is 15.0. The van der Waals surface area contributed by atoms with Gasteiger partial charge in [0.15, 0.2) is 0 Å². The Labute approximate surface area is 160 Å². The van der Waals surface area contributed by atoms with Crippen LogP contribution >= 0.6 is 0 Å². The maximum absolute atomic E-state index is 12.6. The Morgan fingerprint density at radius 1 is 1.11 bits per heavy atom. The van der Waals surface area contributed by atoms with E-state index >= 15 is 0 Å². The number of hydrogen-bond donors (Lipinski definition) is 3. The van der Waals surface area contributed by atoms with Crippen LogP contribution in [0.3, 0.4) is 0 Å². The summed E-state index contributed by atoms with van der Waals surface area (Å²) < 4.78 is 5.17. The zero-order valence-electron chi connectivity index (χ0n) is 15.0. The van der Waals surface area contributed by atoms with Crippen molar-refractivity contribution in [2.24, 2.45) is 0 Å². The maximum atomic E-state index is 12.6. The highest BCUT2D eigenvalue weighted by molar-refractivity contribution is 6.01. The molecule has 6 nitrogen and oxygen atoms in total. The summed E-state index contributed by atoms with van der Waals surface area (Å²) in [7, 11) is 0. The smallest absolute Gasteiger partial charge is 0.252 e. The van der Waals surface area contributed by atoms with E-state index in [1.54, 1.807) is 18.7 Å². The quantitative estimate of drug-likeness (QED) is 0.432. The Morgan fingerprint density at radius 2 is 2.04 bits per heavy atom. The van der Waals surface area contributed by atoms with Gasteiger partial charge in [0.1, 0.15) is 5.65 Å². The number of pyridine rings is 1. The van der Waals surface area contributed by atoms with Crippen molar-refractivity contribution < 1.29 is 9.21 Å². The van der Waals surface area contributed by atoms with Gasteiger partial charge < -0.3 is 19.7 Å². The van der Waals surface area contributed by atoms with Gasteiger partial charge in [-0.05, 0) is 30.2 Å². The van der Waals surface area contributed by atoms with Gasteiger partial charge in [-0.2, -0.15) is 0 Å². The van der Waals surface area contributed by atoms with Crippen molar-refractivity contribution in [2.75, 3.05) is 6.54 Å². The number of benzene rings is 1. The van der Waals surface area contributed by atoms with Crippen LogP contribution in [0, 0.1) is 0 Å². The summed E-state index contributed by atoms with van der Waals surface area (Å²) in [4.78, 5) is 23.4. The highest BCUT2D eigenvalue weighted by atomic mass is 16.3. The van der Waals surface area contributed by atoms with Crippen LogP contribution in [0.1, 0.15) is 15.9 Å². The number of amides is 1. The molecule has 0 aliphatic rings. The number of carbonyl (C=O) groups excluding carboxylic acids is 1.